The van der Waals surface area contributed by atoms with Gasteiger partial charge in [0.05, 0.1) is 5.69 Å². The SMILES string of the molecule is C=C(/C=C\Cc1cc(-c2ccc(-c3ccc4ccccc4c3)cn2)c2ccc3cc(C)cc4ccc1c2c43)c1cccc2ccccc12. The van der Waals surface area contributed by atoms with Gasteiger partial charge in [-0.05, 0) is 113 Å². The number of benzene rings is 8. The van der Waals surface area contributed by atoms with Crippen LogP contribution in [0.5, 0.6) is 0 Å². The first-order chi connectivity index (χ1) is 23.6. The molecule has 0 atom stereocenters. The minimum atomic E-state index is 0.791. The molecule has 226 valence electrons. The minimum Gasteiger partial charge on any atom is -0.256 e. The maximum absolute atomic E-state index is 5.09. The number of aromatic nitrogens is 1. The predicted octanol–water partition coefficient (Wildman–Crippen LogP) is 12.7. The summed E-state index contributed by atoms with van der Waals surface area (Å²) in [6.07, 6.45) is 7.26. The third-order valence-corrected chi connectivity index (χ3v) is 9.86. The van der Waals surface area contributed by atoms with Crippen molar-refractivity contribution in [1.82, 2.24) is 4.98 Å². The molecule has 0 spiro atoms. The Hall–Kier alpha value is -6.05. The first-order valence-electron chi connectivity index (χ1n) is 16.6. The molecule has 48 heavy (non-hydrogen) atoms. The van der Waals surface area contributed by atoms with Gasteiger partial charge in [0, 0.05) is 17.3 Å². The summed E-state index contributed by atoms with van der Waals surface area (Å²) < 4.78 is 0. The summed E-state index contributed by atoms with van der Waals surface area (Å²) in [4.78, 5) is 5.09. The van der Waals surface area contributed by atoms with E-state index in [2.05, 4.69) is 165 Å². The lowest BCUT2D eigenvalue weighted by Crippen LogP contribution is -1.94. The molecule has 0 amide bonds. The van der Waals surface area contributed by atoms with E-state index < -0.39 is 0 Å². The molecule has 0 saturated heterocycles. The van der Waals surface area contributed by atoms with Crippen LogP contribution in [-0.4, -0.2) is 4.98 Å². The van der Waals surface area contributed by atoms with Gasteiger partial charge in [-0.3, -0.25) is 4.98 Å². The third kappa shape index (κ3) is 4.75. The van der Waals surface area contributed by atoms with Crippen molar-refractivity contribution in [1.29, 1.82) is 0 Å². The van der Waals surface area contributed by atoms with Crippen molar-refractivity contribution in [2.24, 2.45) is 0 Å². The highest BCUT2D eigenvalue weighted by molar-refractivity contribution is 6.26. The molecule has 8 aromatic carbocycles. The van der Waals surface area contributed by atoms with E-state index in [4.69, 9.17) is 4.98 Å². The topological polar surface area (TPSA) is 12.9 Å². The minimum absolute atomic E-state index is 0.791. The van der Waals surface area contributed by atoms with Crippen LogP contribution in [0.4, 0.5) is 0 Å². The van der Waals surface area contributed by atoms with E-state index >= 15 is 0 Å². The highest BCUT2D eigenvalue weighted by Crippen LogP contribution is 2.41. The number of aryl methyl sites for hydroxylation is 1. The second-order valence-electron chi connectivity index (χ2n) is 12.9. The zero-order valence-electron chi connectivity index (χ0n) is 26.9. The summed E-state index contributed by atoms with van der Waals surface area (Å²) in [6.45, 7) is 6.64. The molecule has 0 aliphatic heterocycles. The predicted molar refractivity (Wildman–Crippen MR) is 207 cm³/mol. The maximum Gasteiger partial charge on any atom is 0.0708 e. The zero-order chi connectivity index (χ0) is 32.2. The number of hydrogen-bond donors (Lipinski definition) is 0. The van der Waals surface area contributed by atoms with E-state index in [1.807, 2.05) is 6.20 Å². The third-order valence-electron chi connectivity index (χ3n) is 9.86. The molecule has 1 nitrogen and oxygen atoms in total. The van der Waals surface area contributed by atoms with Crippen molar-refractivity contribution in [2.75, 3.05) is 0 Å². The molecule has 0 N–H and O–H groups in total. The standard InChI is InChI=1S/C47H33N/c1-30-25-37-19-22-42-36(14-7-9-31(2)40-16-8-13-33-11-5-6-15-41(33)40)28-44(43-23-20-38(26-30)46(37)47(42)43)45-24-21-39(29-48-45)35-18-17-32-10-3-4-12-34(32)27-35/h3-13,15-29H,2,14H2,1H3/b9-7-. The molecule has 1 aromatic heterocycles. The van der Waals surface area contributed by atoms with Gasteiger partial charge in [0.25, 0.3) is 0 Å². The van der Waals surface area contributed by atoms with Gasteiger partial charge in [-0.1, -0.05) is 140 Å². The molecule has 0 aliphatic carbocycles. The molecule has 1 heterocycles. The van der Waals surface area contributed by atoms with E-state index in [0.29, 0.717) is 0 Å². The van der Waals surface area contributed by atoms with E-state index in [9.17, 15) is 0 Å². The van der Waals surface area contributed by atoms with Crippen LogP contribution in [0, 0.1) is 6.92 Å². The van der Waals surface area contributed by atoms with Crippen molar-refractivity contribution in [3.05, 3.63) is 181 Å². The molecule has 0 unspecified atom stereocenters. The van der Waals surface area contributed by atoms with Crippen molar-refractivity contribution in [3.8, 4) is 22.4 Å². The van der Waals surface area contributed by atoms with Gasteiger partial charge < -0.3 is 0 Å². The largest absolute Gasteiger partial charge is 0.256 e. The zero-order valence-corrected chi connectivity index (χ0v) is 26.9. The van der Waals surface area contributed by atoms with Gasteiger partial charge >= 0.3 is 0 Å². The number of pyridine rings is 1. The van der Waals surface area contributed by atoms with E-state index in [-0.39, 0.29) is 0 Å². The van der Waals surface area contributed by atoms with Crippen molar-refractivity contribution < 1.29 is 0 Å². The molecule has 0 radical (unpaired) electrons. The summed E-state index contributed by atoms with van der Waals surface area (Å²) in [6, 6.07) is 50.6. The Morgan fingerprint density at radius 3 is 2.10 bits per heavy atom. The maximum atomic E-state index is 5.09. The van der Waals surface area contributed by atoms with Crippen molar-refractivity contribution in [2.45, 2.75) is 13.3 Å². The summed E-state index contributed by atoms with van der Waals surface area (Å²) >= 11 is 0. The molecule has 0 bridgehead atoms. The monoisotopic (exact) mass is 611 g/mol. The molecule has 9 aromatic rings. The van der Waals surface area contributed by atoms with E-state index in [0.717, 1.165) is 23.3 Å². The molecular formula is C47H33N. The Morgan fingerprint density at radius 1 is 0.583 bits per heavy atom. The number of hydrogen-bond acceptors (Lipinski definition) is 1. The summed E-state index contributed by atoms with van der Waals surface area (Å²) in [5.74, 6) is 0. The second kappa shape index (κ2) is 11.3. The number of nitrogens with zero attached hydrogens (tertiary/aromatic N) is 1. The Kier molecular flexibility index (Phi) is 6.66. The van der Waals surface area contributed by atoms with Crippen LogP contribution in [0.2, 0.25) is 0 Å². The van der Waals surface area contributed by atoms with Gasteiger partial charge in [0.2, 0.25) is 0 Å². The van der Waals surface area contributed by atoms with Crippen molar-refractivity contribution >= 4 is 59.4 Å². The first kappa shape index (κ1) is 28.2. The number of allylic oxidation sites excluding steroid dienone is 3. The normalized spacial score (nSPS) is 11.9. The lowest BCUT2D eigenvalue weighted by Gasteiger charge is -2.17. The van der Waals surface area contributed by atoms with Crippen LogP contribution < -0.4 is 0 Å². The second-order valence-corrected chi connectivity index (χ2v) is 12.9. The molecule has 0 aliphatic rings. The molecule has 0 fully saturated rings. The lowest BCUT2D eigenvalue weighted by molar-refractivity contribution is 1.29. The fourth-order valence-electron chi connectivity index (χ4n) is 7.54. The van der Waals surface area contributed by atoms with Crippen LogP contribution in [0.25, 0.3) is 81.8 Å². The highest BCUT2D eigenvalue weighted by atomic mass is 14.7. The Labute approximate surface area is 280 Å². The van der Waals surface area contributed by atoms with Crippen LogP contribution in [-0.2, 0) is 6.42 Å². The fourth-order valence-corrected chi connectivity index (χ4v) is 7.54. The summed E-state index contributed by atoms with van der Waals surface area (Å²) in [7, 11) is 0. The van der Waals surface area contributed by atoms with Crippen LogP contribution in [0.3, 0.4) is 0 Å². The Bertz CT molecular complexity index is 2690. The smallest absolute Gasteiger partial charge is 0.0708 e. The van der Waals surface area contributed by atoms with Gasteiger partial charge in [-0.2, -0.15) is 0 Å². The quantitative estimate of drug-likeness (QED) is 0.135. The van der Waals surface area contributed by atoms with Gasteiger partial charge in [-0.25, -0.2) is 0 Å². The summed E-state index contributed by atoms with van der Waals surface area (Å²) in [5.41, 5.74) is 9.20. The fraction of sp³-hybridized carbons (Fsp3) is 0.0426. The number of fused-ring (bicyclic) bond motifs is 2. The molecule has 0 saturated carbocycles. The van der Waals surface area contributed by atoms with Crippen LogP contribution in [0.1, 0.15) is 16.7 Å². The molecular weight excluding hydrogens is 579 g/mol. The average molecular weight is 612 g/mol. The molecule has 9 rings (SSSR count). The van der Waals surface area contributed by atoms with Crippen molar-refractivity contribution in [3.63, 3.8) is 0 Å². The van der Waals surface area contributed by atoms with Gasteiger partial charge in [0.15, 0.2) is 0 Å². The van der Waals surface area contributed by atoms with E-state index in [1.54, 1.807) is 0 Å². The van der Waals surface area contributed by atoms with Gasteiger partial charge in [0.1, 0.15) is 0 Å². The Balaban J connectivity index is 1.15. The van der Waals surface area contributed by atoms with Crippen LogP contribution >= 0.6 is 0 Å². The first-order valence-corrected chi connectivity index (χ1v) is 16.6. The highest BCUT2D eigenvalue weighted by Gasteiger charge is 2.16. The Morgan fingerprint density at radius 2 is 1.29 bits per heavy atom. The van der Waals surface area contributed by atoms with Gasteiger partial charge in [-0.15, -0.1) is 0 Å². The van der Waals surface area contributed by atoms with E-state index in [1.165, 1.54) is 81.7 Å². The number of rotatable bonds is 6. The van der Waals surface area contributed by atoms with Crippen LogP contribution in [0.15, 0.2) is 164 Å². The summed E-state index contributed by atoms with van der Waals surface area (Å²) in [5, 5.41) is 12.7. The molecule has 1 heteroatoms. The average Bonchev–Trinajstić information content (AvgIpc) is 3.13. The lowest BCUT2D eigenvalue weighted by atomic mass is 9.87.